The molecule has 2 saturated heterocycles. The Hall–Kier alpha value is 0.230. The third-order valence-electron chi connectivity index (χ3n) is 5.03. The minimum Gasteiger partial charge on any atom is -0.375 e. The van der Waals surface area contributed by atoms with Crippen molar-refractivity contribution in [2.24, 2.45) is 0 Å². The summed E-state index contributed by atoms with van der Waals surface area (Å²) in [5.74, 6) is 2.56. The molecule has 0 aliphatic carbocycles. The van der Waals surface area contributed by atoms with E-state index >= 15 is 0 Å². The van der Waals surface area contributed by atoms with Crippen LogP contribution in [0.25, 0.3) is 0 Å². The lowest BCUT2D eigenvalue weighted by molar-refractivity contribution is -0.0932. The van der Waals surface area contributed by atoms with Gasteiger partial charge in [0.1, 0.15) is 0 Å². The van der Waals surface area contributed by atoms with Crippen LogP contribution in [0, 0.1) is 0 Å². The molecule has 2 fully saturated rings. The molecule has 2 aliphatic rings. The third-order valence-corrected chi connectivity index (χ3v) is 6.01. The molecule has 1 spiro atoms. The van der Waals surface area contributed by atoms with Crippen molar-refractivity contribution in [2.45, 2.75) is 77.1 Å². The molecule has 0 radical (unpaired) electrons. The average Bonchev–Trinajstić information content (AvgIpc) is 2.43. The number of nitrogens with one attached hydrogen (secondary N) is 1. The van der Waals surface area contributed by atoms with Crippen LogP contribution in [-0.2, 0) is 4.74 Å². The van der Waals surface area contributed by atoms with Crippen molar-refractivity contribution in [3.63, 3.8) is 0 Å². The molecule has 1 unspecified atom stereocenters. The predicted molar refractivity (Wildman–Crippen MR) is 93.2 cm³/mol. The fourth-order valence-electron chi connectivity index (χ4n) is 3.80. The molecule has 2 rings (SSSR count). The van der Waals surface area contributed by atoms with Crippen LogP contribution in [0.1, 0.15) is 53.4 Å². The Morgan fingerprint density at radius 2 is 1.86 bits per heavy atom. The van der Waals surface area contributed by atoms with E-state index in [2.05, 4.69) is 49.7 Å². The highest BCUT2D eigenvalue weighted by molar-refractivity contribution is 7.99. The fourth-order valence-corrected chi connectivity index (χ4v) is 5.04. The third kappa shape index (κ3) is 5.12. The fraction of sp³-hybridized carbons (Fsp3) is 1.00. The first-order chi connectivity index (χ1) is 10.0. The van der Waals surface area contributed by atoms with Gasteiger partial charge in [0.25, 0.3) is 0 Å². The van der Waals surface area contributed by atoms with Crippen LogP contribution < -0.4 is 5.32 Å². The summed E-state index contributed by atoms with van der Waals surface area (Å²) < 4.78 is 6.18. The highest BCUT2D eigenvalue weighted by Crippen LogP contribution is 2.37. The van der Waals surface area contributed by atoms with E-state index in [1.54, 1.807) is 0 Å². The van der Waals surface area contributed by atoms with E-state index in [1.807, 2.05) is 0 Å². The lowest BCUT2D eigenvalue weighted by atomic mass is 9.85. The number of rotatable bonds is 6. The monoisotopic (exact) mass is 314 g/mol. The minimum atomic E-state index is 0.205. The zero-order chi connectivity index (χ0) is 15.3. The molecule has 1 atom stereocenters. The lowest BCUT2D eigenvalue weighted by Gasteiger charge is -2.43. The minimum absolute atomic E-state index is 0.205. The van der Waals surface area contributed by atoms with Crippen molar-refractivity contribution in [1.29, 1.82) is 0 Å². The summed E-state index contributed by atoms with van der Waals surface area (Å²) in [6.45, 7) is 12.4. The van der Waals surface area contributed by atoms with Crippen LogP contribution in [0.4, 0.5) is 0 Å². The maximum atomic E-state index is 6.18. The normalized spacial score (nSPS) is 26.1. The van der Waals surface area contributed by atoms with E-state index in [-0.39, 0.29) is 5.60 Å². The number of nitrogens with zero attached hydrogens (tertiary/aromatic N) is 1. The van der Waals surface area contributed by atoms with Gasteiger partial charge in [-0.1, -0.05) is 0 Å². The summed E-state index contributed by atoms with van der Waals surface area (Å²) in [6.07, 6.45) is 4.90. The number of hydrogen-bond acceptors (Lipinski definition) is 4. The molecule has 0 amide bonds. The maximum absolute atomic E-state index is 6.18. The molecular formula is C17H34N2OS. The average molecular weight is 315 g/mol. The van der Waals surface area contributed by atoms with Gasteiger partial charge in [-0.2, -0.15) is 11.8 Å². The van der Waals surface area contributed by atoms with Crippen molar-refractivity contribution < 1.29 is 4.74 Å². The molecule has 0 saturated carbocycles. The second kappa shape index (κ2) is 8.19. The topological polar surface area (TPSA) is 24.5 Å². The highest BCUT2D eigenvalue weighted by Gasteiger charge is 2.38. The zero-order valence-corrected chi connectivity index (χ0v) is 15.2. The van der Waals surface area contributed by atoms with Crippen LogP contribution >= 0.6 is 11.8 Å². The van der Waals surface area contributed by atoms with Crippen molar-refractivity contribution in [1.82, 2.24) is 10.2 Å². The van der Waals surface area contributed by atoms with Gasteiger partial charge in [-0.25, -0.2) is 0 Å². The van der Waals surface area contributed by atoms with Gasteiger partial charge < -0.3 is 10.1 Å². The molecule has 21 heavy (non-hydrogen) atoms. The quantitative estimate of drug-likeness (QED) is 0.814. The molecule has 0 aromatic heterocycles. The summed E-state index contributed by atoms with van der Waals surface area (Å²) in [5.41, 5.74) is 0.205. The van der Waals surface area contributed by atoms with E-state index in [4.69, 9.17) is 4.74 Å². The summed E-state index contributed by atoms with van der Waals surface area (Å²) >= 11 is 2.08. The maximum Gasteiger partial charge on any atom is 0.0713 e. The first kappa shape index (κ1) is 17.6. The van der Waals surface area contributed by atoms with Gasteiger partial charge in [0.15, 0.2) is 0 Å². The SMILES string of the molecule is CC(C)N(CCNC1CCOC2(CCSCC2)C1)C(C)C. The lowest BCUT2D eigenvalue weighted by Crippen LogP contribution is -2.50. The molecule has 3 nitrogen and oxygen atoms in total. The highest BCUT2D eigenvalue weighted by atomic mass is 32.2. The Kier molecular flexibility index (Phi) is 6.85. The van der Waals surface area contributed by atoms with E-state index in [1.165, 1.54) is 37.2 Å². The molecule has 0 bridgehead atoms. The van der Waals surface area contributed by atoms with Crippen LogP contribution in [0.5, 0.6) is 0 Å². The van der Waals surface area contributed by atoms with Gasteiger partial charge in [-0.05, 0) is 64.9 Å². The van der Waals surface area contributed by atoms with E-state index in [9.17, 15) is 0 Å². The van der Waals surface area contributed by atoms with Crippen molar-refractivity contribution in [2.75, 3.05) is 31.2 Å². The molecule has 4 heteroatoms. The van der Waals surface area contributed by atoms with E-state index in [0.717, 1.165) is 19.7 Å². The van der Waals surface area contributed by atoms with Crippen LogP contribution in [0.15, 0.2) is 0 Å². The molecule has 0 aromatic carbocycles. The molecular weight excluding hydrogens is 280 g/mol. The molecule has 1 N–H and O–H groups in total. The second-order valence-electron chi connectivity index (χ2n) is 7.21. The van der Waals surface area contributed by atoms with Crippen molar-refractivity contribution in [3.8, 4) is 0 Å². The Balaban J connectivity index is 1.75. The molecule has 124 valence electrons. The van der Waals surface area contributed by atoms with E-state index in [0.29, 0.717) is 18.1 Å². The van der Waals surface area contributed by atoms with Crippen molar-refractivity contribution in [3.05, 3.63) is 0 Å². The Morgan fingerprint density at radius 1 is 1.19 bits per heavy atom. The molecule has 0 aromatic rings. The summed E-state index contributed by atoms with van der Waals surface area (Å²) in [4.78, 5) is 2.57. The number of thioether (sulfide) groups is 1. The molecule has 2 aliphatic heterocycles. The first-order valence-electron chi connectivity index (χ1n) is 8.73. The van der Waals surface area contributed by atoms with Crippen LogP contribution in [0.2, 0.25) is 0 Å². The smallest absolute Gasteiger partial charge is 0.0713 e. The Labute approximate surface area is 135 Å². The van der Waals surface area contributed by atoms with Crippen molar-refractivity contribution >= 4 is 11.8 Å². The van der Waals surface area contributed by atoms with Crippen LogP contribution in [-0.4, -0.2) is 59.8 Å². The van der Waals surface area contributed by atoms with Gasteiger partial charge in [0.05, 0.1) is 5.60 Å². The van der Waals surface area contributed by atoms with Gasteiger partial charge in [0, 0.05) is 37.8 Å². The summed E-state index contributed by atoms with van der Waals surface area (Å²) in [5, 5.41) is 3.80. The Bertz CT molecular complexity index is 290. The zero-order valence-electron chi connectivity index (χ0n) is 14.4. The second-order valence-corrected chi connectivity index (χ2v) is 8.44. The standard InChI is InChI=1S/C17H34N2OS/c1-14(2)19(15(3)4)9-8-18-16-5-10-20-17(13-16)6-11-21-12-7-17/h14-16,18H,5-13H2,1-4H3. The van der Waals surface area contributed by atoms with Crippen LogP contribution in [0.3, 0.4) is 0 Å². The first-order valence-corrected chi connectivity index (χ1v) is 9.89. The summed E-state index contributed by atoms with van der Waals surface area (Å²) in [7, 11) is 0. The van der Waals surface area contributed by atoms with Gasteiger partial charge >= 0.3 is 0 Å². The van der Waals surface area contributed by atoms with Gasteiger partial charge in [0.2, 0.25) is 0 Å². The summed E-state index contributed by atoms with van der Waals surface area (Å²) in [6, 6.07) is 1.91. The predicted octanol–water partition coefficient (Wildman–Crippen LogP) is 3.14. The number of ether oxygens (including phenoxy) is 1. The molecule has 2 heterocycles. The largest absolute Gasteiger partial charge is 0.375 e. The van der Waals surface area contributed by atoms with Gasteiger partial charge in [-0.3, -0.25) is 4.90 Å². The number of hydrogen-bond donors (Lipinski definition) is 1. The Morgan fingerprint density at radius 3 is 2.48 bits per heavy atom. The van der Waals surface area contributed by atoms with E-state index < -0.39 is 0 Å². The van der Waals surface area contributed by atoms with Gasteiger partial charge in [-0.15, -0.1) is 0 Å².